The second kappa shape index (κ2) is 8.18. The van der Waals surface area contributed by atoms with E-state index in [1.54, 1.807) is 37.4 Å². The van der Waals surface area contributed by atoms with Crippen LogP contribution in [-0.2, 0) is 0 Å². The van der Waals surface area contributed by atoms with Crippen molar-refractivity contribution in [2.75, 3.05) is 5.32 Å². The Labute approximate surface area is 178 Å². The van der Waals surface area contributed by atoms with E-state index in [2.05, 4.69) is 20.5 Å². The number of benzene rings is 2. The monoisotopic (exact) mass is 418 g/mol. The van der Waals surface area contributed by atoms with Crippen molar-refractivity contribution in [3.8, 4) is 11.3 Å². The van der Waals surface area contributed by atoms with E-state index in [4.69, 9.17) is 0 Å². The van der Waals surface area contributed by atoms with Crippen molar-refractivity contribution in [1.82, 2.24) is 15.2 Å². The number of nitrogens with one attached hydrogen (secondary N) is 1. The van der Waals surface area contributed by atoms with Crippen LogP contribution in [0.2, 0.25) is 0 Å². The van der Waals surface area contributed by atoms with Gasteiger partial charge < -0.3 is 5.32 Å². The van der Waals surface area contributed by atoms with Crippen LogP contribution < -0.4 is 5.32 Å². The van der Waals surface area contributed by atoms with Gasteiger partial charge in [0.15, 0.2) is 12.1 Å². The molecule has 0 radical (unpaired) electrons. The van der Waals surface area contributed by atoms with E-state index >= 15 is 0 Å². The molecule has 2 aromatic heterocycles. The van der Waals surface area contributed by atoms with Crippen LogP contribution >= 0.6 is 0 Å². The number of aldehydes is 1. The standard InChI is InChI=1S/C24H20F2N4O/c1-13-5-4-6-18(23(13)26)14(2)28-24-19-10-22(27-11-20(19)15(3)29-30-24)16-7-8-21(25)17(9-16)12-31/h4-12,14H,1-3H3,(H,28,30). The summed E-state index contributed by atoms with van der Waals surface area (Å²) in [5.74, 6) is -0.366. The maximum absolute atomic E-state index is 14.6. The predicted molar refractivity (Wildman–Crippen MR) is 116 cm³/mol. The number of nitrogens with zero attached hydrogens (tertiary/aromatic N) is 3. The molecule has 0 aliphatic heterocycles. The third-order valence-corrected chi connectivity index (χ3v) is 5.31. The zero-order chi connectivity index (χ0) is 22.1. The smallest absolute Gasteiger partial charge is 0.157 e. The normalized spacial score (nSPS) is 12.0. The van der Waals surface area contributed by atoms with Crippen LogP contribution in [0.3, 0.4) is 0 Å². The van der Waals surface area contributed by atoms with E-state index in [0.29, 0.717) is 40.2 Å². The van der Waals surface area contributed by atoms with Crippen molar-refractivity contribution in [2.45, 2.75) is 26.8 Å². The van der Waals surface area contributed by atoms with E-state index in [0.717, 1.165) is 10.8 Å². The van der Waals surface area contributed by atoms with Gasteiger partial charge in [-0.1, -0.05) is 18.2 Å². The summed E-state index contributed by atoms with van der Waals surface area (Å²) < 4.78 is 28.3. The topological polar surface area (TPSA) is 67.8 Å². The van der Waals surface area contributed by atoms with Gasteiger partial charge in [0, 0.05) is 28.1 Å². The van der Waals surface area contributed by atoms with Crippen molar-refractivity contribution in [1.29, 1.82) is 0 Å². The summed E-state index contributed by atoms with van der Waals surface area (Å²) in [4.78, 5) is 15.6. The SMILES string of the molecule is Cc1cccc(C(C)Nc2nnc(C)c3cnc(-c4ccc(F)c(C=O)c4)cc23)c1F. The molecule has 1 atom stereocenters. The second-order valence-corrected chi connectivity index (χ2v) is 7.45. The largest absolute Gasteiger partial charge is 0.361 e. The molecule has 0 spiro atoms. The fraction of sp³-hybridized carbons (Fsp3) is 0.167. The van der Waals surface area contributed by atoms with Gasteiger partial charge in [0.05, 0.1) is 23.0 Å². The minimum absolute atomic E-state index is 0.0367. The number of pyridine rings is 1. The fourth-order valence-corrected chi connectivity index (χ4v) is 3.52. The highest BCUT2D eigenvalue weighted by molar-refractivity contribution is 5.95. The number of halogens is 2. The molecule has 0 aliphatic rings. The number of anilines is 1. The molecular formula is C24H20F2N4O. The van der Waals surface area contributed by atoms with Crippen LogP contribution in [0.15, 0.2) is 48.7 Å². The molecule has 31 heavy (non-hydrogen) atoms. The molecule has 0 saturated heterocycles. The Morgan fingerprint density at radius 1 is 1.03 bits per heavy atom. The minimum Gasteiger partial charge on any atom is -0.361 e. The molecule has 0 saturated carbocycles. The van der Waals surface area contributed by atoms with Gasteiger partial charge in [0.25, 0.3) is 0 Å². The third-order valence-electron chi connectivity index (χ3n) is 5.31. The van der Waals surface area contributed by atoms with Crippen molar-refractivity contribution >= 4 is 22.9 Å². The van der Waals surface area contributed by atoms with Gasteiger partial charge in [-0.05, 0) is 50.6 Å². The quantitative estimate of drug-likeness (QED) is 0.429. The lowest BCUT2D eigenvalue weighted by molar-refractivity contribution is 0.112. The van der Waals surface area contributed by atoms with Crippen molar-refractivity contribution in [3.63, 3.8) is 0 Å². The Balaban J connectivity index is 1.79. The molecule has 0 bridgehead atoms. The number of carbonyl (C=O) groups is 1. The van der Waals surface area contributed by atoms with Crippen LogP contribution in [0.1, 0.15) is 40.1 Å². The predicted octanol–water partition coefficient (Wildman–Crippen LogP) is 5.57. The number of fused-ring (bicyclic) bond motifs is 1. The Bertz CT molecular complexity index is 1310. The first-order valence-corrected chi connectivity index (χ1v) is 9.78. The van der Waals surface area contributed by atoms with E-state index in [9.17, 15) is 13.6 Å². The maximum Gasteiger partial charge on any atom is 0.157 e. The van der Waals surface area contributed by atoms with Gasteiger partial charge in [-0.2, -0.15) is 5.10 Å². The lowest BCUT2D eigenvalue weighted by Gasteiger charge is -2.18. The Hall–Kier alpha value is -3.74. The number of aryl methyl sites for hydroxylation is 2. The molecule has 2 heterocycles. The Morgan fingerprint density at radius 2 is 1.84 bits per heavy atom. The van der Waals surface area contributed by atoms with Crippen molar-refractivity contribution in [3.05, 3.63) is 82.7 Å². The molecule has 1 N–H and O–H groups in total. The average Bonchev–Trinajstić information content (AvgIpc) is 2.77. The molecule has 5 nitrogen and oxygen atoms in total. The summed E-state index contributed by atoms with van der Waals surface area (Å²) in [7, 11) is 0. The Morgan fingerprint density at radius 3 is 2.61 bits per heavy atom. The number of hydrogen-bond acceptors (Lipinski definition) is 5. The van der Waals surface area contributed by atoms with Gasteiger partial charge in [-0.25, -0.2) is 8.78 Å². The van der Waals surface area contributed by atoms with Crippen molar-refractivity contribution < 1.29 is 13.6 Å². The van der Waals surface area contributed by atoms with Gasteiger partial charge in [0.2, 0.25) is 0 Å². The number of carbonyl (C=O) groups excluding carboxylic acids is 1. The first kappa shape index (κ1) is 20.5. The van der Waals surface area contributed by atoms with Crippen LogP contribution in [-0.4, -0.2) is 21.5 Å². The molecule has 1 unspecified atom stereocenters. The molecule has 0 fully saturated rings. The zero-order valence-corrected chi connectivity index (χ0v) is 17.3. The molecule has 4 rings (SSSR count). The molecule has 2 aromatic carbocycles. The second-order valence-electron chi connectivity index (χ2n) is 7.45. The molecule has 0 aliphatic carbocycles. The average molecular weight is 418 g/mol. The molecular weight excluding hydrogens is 398 g/mol. The first-order chi connectivity index (χ1) is 14.9. The lowest BCUT2D eigenvalue weighted by atomic mass is 10.0. The molecule has 7 heteroatoms. The number of rotatable bonds is 5. The van der Waals surface area contributed by atoms with Gasteiger partial charge >= 0.3 is 0 Å². The molecule has 156 valence electrons. The van der Waals surface area contributed by atoms with Gasteiger partial charge in [-0.3, -0.25) is 9.78 Å². The minimum atomic E-state index is -0.586. The maximum atomic E-state index is 14.6. The number of hydrogen-bond donors (Lipinski definition) is 1. The summed E-state index contributed by atoms with van der Waals surface area (Å²) in [6.07, 6.45) is 2.14. The van der Waals surface area contributed by atoms with Crippen molar-refractivity contribution in [2.24, 2.45) is 0 Å². The van der Waals surface area contributed by atoms with E-state index < -0.39 is 5.82 Å². The first-order valence-electron chi connectivity index (χ1n) is 9.78. The van der Waals surface area contributed by atoms with E-state index in [1.165, 1.54) is 12.1 Å². The van der Waals surface area contributed by atoms with E-state index in [1.807, 2.05) is 19.9 Å². The fourth-order valence-electron chi connectivity index (χ4n) is 3.52. The lowest BCUT2D eigenvalue weighted by Crippen LogP contribution is -2.12. The summed E-state index contributed by atoms with van der Waals surface area (Å²) in [5.41, 5.74) is 2.91. The van der Waals surface area contributed by atoms with Crippen LogP contribution in [0.5, 0.6) is 0 Å². The Kier molecular flexibility index (Phi) is 5.42. The highest BCUT2D eigenvalue weighted by Crippen LogP contribution is 2.30. The number of aromatic nitrogens is 3. The third kappa shape index (κ3) is 3.86. The van der Waals surface area contributed by atoms with E-state index in [-0.39, 0.29) is 17.4 Å². The van der Waals surface area contributed by atoms with Crippen LogP contribution in [0, 0.1) is 25.5 Å². The van der Waals surface area contributed by atoms with Crippen LogP contribution in [0.25, 0.3) is 22.0 Å². The summed E-state index contributed by atoms with van der Waals surface area (Å²) >= 11 is 0. The summed E-state index contributed by atoms with van der Waals surface area (Å²) in [5, 5.41) is 13.3. The summed E-state index contributed by atoms with van der Waals surface area (Å²) in [6.45, 7) is 5.40. The molecule has 0 amide bonds. The summed E-state index contributed by atoms with van der Waals surface area (Å²) in [6, 6.07) is 11.0. The van der Waals surface area contributed by atoms with Gasteiger partial charge in [0.1, 0.15) is 11.6 Å². The highest BCUT2D eigenvalue weighted by atomic mass is 19.1. The van der Waals surface area contributed by atoms with Gasteiger partial charge in [-0.15, -0.1) is 5.10 Å². The van der Waals surface area contributed by atoms with Crippen LogP contribution in [0.4, 0.5) is 14.6 Å². The zero-order valence-electron chi connectivity index (χ0n) is 17.3. The molecule has 4 aromatic rings. The highest BCUT2D eigenvalue weighted by Gasteiger charge is 2.16.